The van der Waals surface area contributed by atoms with E-state index in [2.05, 4.69) is 4.72 Å². The lowest BCUT2D eigenvalue weighted by atomic mass is 10.2. The number of aliphatic hydroxyl groups is 1. The number of rotatable bonds is 8. The number of aliphatic hydroxyl groups excluding tert-OH is 1. The van der Waals surface area contributed by atoms with Crippen LogP contribution in [0.5, 0.6) is 0 Å². The Bertz CT molecular complexity index is 506. The molecule has 0 saturated heterocycles. The van der Waals surface area contributed by atoms with Gasteiger partial charge >= 0.3 is 0 Å². The van der Waals surface area contributed by atoms with Crippen LogP contribution in [-0.2, 0) is 16.6 Å². The monoisotopic (exact) mass is 307 g/mol. The number of halogens is 1. The maximum absolute atomic E-state index is 13.5. The zero-order chi connectivity index (χ0) is 14.3. The Labute approximate surface area is 117 Å². The van der Waals surface area contributed by atoms with Crippen LogP contribution in [0.2, 0.25) is 0 Å². The second-order valence-electron chi connectivity index (χ2n) is 4.02. The predicted octanol–water partition coefficient (Wildman–Crippen LogP) is 1.74. The van der Waals surface area contributed by atoms with E-state index >= 15 is 0 Å². The molecule has 4 nitrogen and oxygen atoms in total. The van der Waals surface area contributed by atoms with Crippen LogP contribution in [-0.4, -0.2) is 32.1 Å². The van der Waals surface area contributed by atoms with Gasteiger partial charge in [0, 0.05) is 6.54 Å². The fourth-order valence-corrected chi connectivity index (χ4v) is 3.20. The zero-order valence-electron chi connectivity index (χ0n) is 10.7. The summed E-state index contributed by atoms with van der Waals surface area (Å²) in [6.07, 6.45) is 3.60. The van der Waals surface area contributed by atoms with Gasteiger partial charge in [-0.05, 0) is 42.5 Å². The molecule has 0 radical (unpaired) electrons. The van der Waals surface area contributed by atoms with Gasteiger partial charge in [-0.15, -0.1) is 0 Å². The van der Waals surface area contributed by atoms with Gasteiger partial charge in [-0.25, -0.2) is 17.5 Å². The molecule has 0 spiro atoms. The van der Waals surface area contributed by atoms with Crippen LogP contribution in [0.15, 0.2) is 23.1 Å². The molecule has 0 aliphatic heterocycles. The van der Waals surface area contributed by atoms with E-state index in [4.69, 9.17) is 5.11 Å². The van der Waals surface area contributed by atoms with Crippen LogP contribution in [0.4, 0.5) is 4.39 Å². The fraction of sp³-hybridized carbons (Fsp3) is 0.500. The fourth-order valence-electron chi connectivity index (χ4n) is 1.51. The minimum atomic E-state index is -3.85. The van der Waals surface area contributed by atoms with Gasteiger partial charge in [-0.1, -0.05) is 6.07 Å². The van der Waals surface area contributed by atoms with E-state index < -0.39 is 20.7 Å². The van der Waals surface area contributed by atoms with Crippen molar-refractivity contribution in [1.29, 1.82) is 0 Å². The third kappa shape index (κ3) is 5.10. The van der Waals surface area contributed by atoms with Crippen molar-refractivity contribution >= 4 is 21.8 Å². The first-order valence-electron chi connectivity index (χ1n) is 5.89. The quantitative estimate of drug-likeness (QED) is 0.718. The predicted molar refractivity (Wildman–Crippen MR) is 75.1 cm³/mol. The minimum Gasteiger partial charge on any atom is -0.392 e. The Kier molecular flexibility index (Phi) is 6.78. The van der Waals surface area contributed by atoms with Gasteiger partial charge in [-0.2, -0.15) is 11.8 Å². The number of hydrogen-bond acceptors (Lipinski definition) is 4. The molecule has 0 amide bonds. The van der Waals surface area contributed by atoms with Crippen LogP contribution < -0.4 is 4.72 Å². The van der Waals surface area contributed by atoms with Gasteiger partial charge < -0.3 is 5.11 Å². The van der Waals surface area contributed by atoms with Gasteiger partial charge in [0.15, 0.2) is 0 Å². The summed E-state index contributed by atoms with van der Waals surface area (Å²) in [7, 11) is -3.85. The van der Waals surface area contributed by atoms with Crippen LogP contribution in [0.1, 0.15) is 18.4 Å². The number of sulfonamides is 1. The van der Waals surface area contributed by atoms with E-state index in [-0.39, 0.29) is 13.2 Å². The summed E-state index contributed by atoms with van der Waals surface area (Å²) in [6.45, 7) is -0.0395. The summed E-state index contributed by atoms with van der Waals surface area (Å²) in [5, 5.41) is 8.95. The first kappa shape index (κ1) is 16.4. The van der Waals surface area contributed by atoms with Crippen molar-refractivity contribution in [3.05, 3.63) is 29.6 Å². The topological polar surface area (TPSA) is 66.4 Å². The molecule has 0 heterocycles. The smallest absolute Gasteiger partial charge is 0.243 e. The van der Waals surface area contributed by atoms with Crippen LogP contribution in [0.25, 0.3) is 0 Å². The van der Waals surface area contributed by atoms with Crippen molar-refractivity contribution in [2.24, 2.45) is 0 Å². The summed E-state index contributed by atoms with van der Waals surface area (Å²) in [4.78, 5) is -0.413. The summed E-state index contributed by atoms with van der Waals surface area (Å²) in [6, 6.07) is 3.56. The molecule has 108 valence electrons. The average molecular weight is 307 g/mol. The maximum atomic E-state index is 13.5. The number of benzene rings is 1. The highest BCUT2D eigenvalue weighted by molar-refractivity contribution is 7.98. The molecule has 0 bridgehead atoms. The molecule has 1 aromatic carbocycles. The molecular formula is C12H18FNO3S2. The molecule has 1 rings (SSSR count). The molecular weight excluding hydrogens is 289 g/mol. The second kappa shape index (κ2) is 7.84. The third-order valence-corrected chi connectivity index (χ3v) is 4.71. The summed E-state index contributed by atoms with van der Waals surface area (Å²) < 4.78 is 39.7. The van der Waals surface area contributed by atoms with E-state index in [0.717, 1.165) is 24.3 Å². The lowest BCUT2D eigenvalue weighted by molar-refractivity contribution is 0.281. The Hall–Kier alpha value is -0.630. The van der Waals surface area contributed by atoms with Crippen molar-refractivity contribution in [2.45, 2.75) is 24.3 Å². The molecule has 2 N–H and O–H groups in total. The number of thioether (sulfide) groups is 1. The second-order valence-corrected chi connectivity index (χ2v) is 6.74. The number of hydrogen-bond donors (Lipinski definition) is 2. The Morgan fingerprint density at radius 3 is 2.74 bits per heavy atom. The van der Waals surface area contributed by atoms with Crippen molar-refractivity contribution in [1.82, 2.24) is 4.72 Å². The number of unbranched alkanes of at least 4 members (excludes halogenated alkanes) is 1. The molecule has 0 saturated carbocycles. The van der Waals surface area contributed by atoms with Crippen molar-refractivity contribution in [3.63, 3.8) is 0 Å². The van der Waals surface area contributed by atoms with Crippen LogP contribution in [0.3, 0.4) is 0 Å². The SMILES string of the molecule is CSCCCCNS(=O)(=O)c1cc(CO)ccc1F. The van der Waals surface area contributed by atoms with Crippen LogP contribution >= 0.6 is 11.8 Å². The molecule has 0 unspecified atom stereocenters. The molecule has 1 aromatic rings. The Morgan fingerprint density at radius 2 is 2.11 bits per heavy atom. The lowest BCUT2D eigenvalue weighted by Gasteiger charge is -2.08. The van der Waals surface area contributed by atoms with E-state index in [1.807, 2.05) is 6.26 Å². The molecule has 0 aliphatic carbocycles. The van der Waals surface area contributed by atoms with Gasteiger partial charge in [-0.3, -0.25) is 0 Å². The normalized spacial score (nSPS) is 11.7. The molecule has 0 fully saturated rings. The highest BCUT2D eigenvalue weighted by Gasteiger charge is 2.18. The van der Waals surface area contributed by atoms with Gasteiger partial charge in [0.05, 0.1) is 6.61 Å². The van der Waals surface area contributed by atoms with E-state index in [9.17, 15) is 12.8 Å². The van der Waals surface area contributed by atoms with Gasteiger partial charge in [0.2, 0.25) is 10.0 Å². The van der Waals surface area contributed by atoms with E-state index in [1.165, 1.54) is 6.07 Å². The zero-order valence-corrected chi connectivity index (χ0v) is 12.4. The van der Waals surface area contributed by atoms with Crippen molar-refractivity contribution in [3.8, 4) is 0 Å². The first-order chi connectivity index (χ1) is 9.01. The highest BCUT2D eigenvalue weighted by atomic mass is 32.2. The molecule has 0 aromatic heterocycles. The average Bonchev–Trinajstić information content (AvgIpc) is 2.39. The van der Waals surface area contributed by atoms with Crippen molar-refractivity contribution < 1.29 is 17.9 Å². The third-order valence-electron chi connectivity index (χ3n) is 2.54. The van der Waals surface area contributed by atoms with E-state index in [0.29, 0.717) is 12.0 Å². The lowest BCUT2D eigenvalue weighted by Crippen LogP contribution is -2.26. The molecule has 7 heteroatoms. The van der Waals surface area contributed by atoms with Crippen molar-refractivity contribution in [2.75, 3.05) is 18.6 Å². The molecule has 19 heavy (non-hydrogen) atoms. The van der Waals surface area contributed by atoms with Gasteiger partial charge in [0.25, 0.3) is 0 Å². The summed E-state index contributed by atoms with van der Waals surface area (Å²) in [5.41, 5.74) is 0.365. The largest absolute Gasteiger partial charge is 0.392 e. The Morgan fingerprint density at radius 1 is 1.37 bits per heavy atom. The molecule has 0 aliphatic rings. The highest BCUT2D eigenvalue weighted by Crippen LogP contribution is 2.16. The summed E-state index contributed by atoms with van der Waals surface area (Å²) in [5.74, 6) is 0.157. The maximum Gasteiger partial charge on any atom is 0.243 e. The first-order valence-corrected chi connectivity index (χ1v) is 8.77. The Balaban J connectivity index is 2.71. The minimum absolute atomic E-state index is 0.283. The standard InChI is InChI=1S/C12H18FNO3S2/c1-18-7-3-2-6-14-19(16,17)12-8-10(9-15)4-5-11(12)13/h4-5,8,14-15H,2-3,6-7,9H2,1H3. The summed E-state index contributed by atoms with van der Waals surface area (Å²) >= 11 is 1.70. The van der Waals surface area contributed by atoms with E-state index in [1.54, 1.807) is 11.8 Å². The molecule has 0 atom stereocenters. The van der Waals surface area contributed by atoms with Crippen LogP contribution in [0, 0.1) is 5.82 Å². The van der Waals surface area contributed by atoms with Gasteiger partial charge in [0.1, 0.15) is 10.7 Å². The number of nitrogens with one attached hydrogen (secondary N) is 1.